The number of ether oxygens (including phenoxy) is 1. The second-order valence-corrected chi connectivity index (χ2v) is 4.49. The molecule has 0 aliphatic carbocycles. The minimum atomic E-state index is -0.253. The Morgan fingerprint density at radius 1 is 1.33 bits per heavy atom. The normalized spacial score (nSPS) is 12.4. The molecule has 0 heterocycles. The predicted octanol–water partition coefficient (Wildman–Crippen LogP) is 1.62. The first-order valence-corrected chi connectivity index (χ1v) is 6.28. The van der Waals surface area contributed by atoms with Crippen molar-refractivity contribution in [1.82, 2.24) is 5.32 Å². The summed E-state index contributed by atoms with van der Waals surface area (Å²) in [7, 11) is 0. The molecule has 0 saturated heterocycles. The quantitative estimate of drug-likeness (QED) is 0.723. The van der Waals surface area contributed by atoms with Gasteiger partial charge in [-0.2, -0.15) is 0 Å². The maximum Gasteiger partial charge on any atom is 0.221 e. The third-order valence-electron chi connectivity index (χ3n) is 2.51. The average Bonchev–Trinajstić information content (AvgIpc) is 2.35. The molecule has 4 heteroatoms. The van der Waals surface area contributed by atoms with Gasteiger partial charge in [-0.1, -0.05) is 30.3 Å². The topological polar surface area (TPSA) is 64.3 Å². The molecule has 0 saturated carbocycles. The molecule has 1 amide bonds. The van der Waals surface area contributed by atoms with E-state index in [1.54, 1.807) is 0 Å². The summed E-state index contributed by atoms with van der Waals surface area (Å²) >= 11 is 0. The van der Waals surface area contributed by atoms with E-state index in [4.69, 9.17) is 10.5 Å². The van der Waals surface area contributed by atoms with Crippen molar-refractivity contribution < 1.29 is 9.53 Å². The van der Waals surface area contributed by atoms with Crippen LogP contribution in [0.2, 0.25) is 0 Å². The van der Waals surface area contributed by atoms with Crippen LogP contribution < -0.4 is 11.1 Å². The van der Waals surface area contributed by atoms with Gasteiger partial charge >= 0.3 is 0 Å². The maximum atomic E-state index is 11.6. The Morgan fingerprint density at radius 3 is 2.61 bits per heavy atom. The second-order valence-electron chi connectivity index (χ2n) is 4.49. The highest BCUT2D eigenvalue weighted by molar-refractivity contribution is 5.76. The lowest BCUT2D eigenvalue weighted by Crippen LogP contribution is -2.30. The van der Waals surface area contributed by atoms with Crippen LogP contribution in [-0.4, -0.2) is 25.2 Å². The fourth-order valence-corrected chi connectivity index (χ4v) is 1.58. The molecular weight excluding hydrogens is 228 g/mol. The third kappa shape index (κ3) is 5.80. The number of hydrogen-bond donors (Lipinski definition) is 2. The van der Waals surface area contributed by atoms with E-state index in [9.17, 15) is 4.79 Å². The number of nitrogens with one attached hydrogen (secondary N) is 1. The van der Waals surface area contributed by atoms with Gasteiger partial charge in [0, 0.05) is 19.0 Å². The van der Waals surface area contributed by atoms with Crippen LogP contribution in [0.15, 0.2) is 30.3 Å². The zero-order valence-electron chi connectivity index (χ0n) is 11.1. The van der Waals surface area contributed by atoms with Gasteiger partial charge in [-0.3, -0.25) is 4.79 Å². The zero-order chi connectivity index (χ0) is 13.4. The largest absolute Gasteiger partial charge is 0.377 e. The molecule has 1 unspecified atom stereocenters. The highest BCUT2D eigenvalue weighted by Crippen LogP contribution is 2.12. The summed E-state index contributed by atoms with van der Waals surface area (Å²) in [6.45, 7) is 4.99. The molecule has 0 aliphatic rings. The third-order valence-corrected chi connectivity index (χ3v) is 2.51. The van der Waals surface area contributed by atoms with Crippen LogP contribution in [0.5, 0.6) is 0 Å². The molecule has 0 fully saturated rings. The molecule has 1 atom stereocenters. The van der Waals surface area contributed by atoms with Crippen molar-refractivity contribution in [2.45, 2.75) is 32.4 Å². The fraction of sp³-hybridized carbons (Fsp3) is 0.500. The van der Waals surface area contributed by atoms with Crippen LogP contribution in [0.25, 0.3) is 0 Å². The second kappa shape index (κ2) is 7.84. The Bertz CT molecular complexity index is 352. The van der Waals surface area contributed by atoms with Crippen LogP contribution in [0.3, 0.4) is 0 Å². The van der Waals surface area contributed by atoms with E-state index in [1.165, 1.54) is 0 Å². The Labute approximate surface area is 109 Å². The van der Waals surface area contributed by atoms with E-state index < -0.39 is 0 Å². The summed E-state index contributed by atoms with van der Waals surface area (Å²) in [6, 6.07) is 9.38. The van der Waals surface area contributed by atoms with E-state index in [0.717, 1.165) is 5.56 Å². The lowest BCUT2D eigenvalue weighted by atomic mass is 10.0. The van der Waals surface area contributed by atoms with E-state index in [1.807, 2.05) is 44.2 Å². The number of carbonyl (C=O) groups is 1. The summed E-state index contributed by atoms with van der Waals surface area (Å²) in [5.41, 5.74) is 6.93. The van der Waals surface area contributed by atoms with Crippen LogP contribution in [0, 0.1) is 0 Å². The Morgan fingerprint density at radius 2 is 2.00 bits per heavy atom. The molecule has 0 aromatic heterocycles. The van der Waals surface area contributed by atoms with Gasteiger partial charge in [-0.25, -0.2) is 0 Å². The lowest BCUT2D eigenvalue weighted by molar-refractivity contribution is -0.121. The van der Waals surface area contributed by atoms with Crippen molar-refractivity contribution >= 4 is 5.91 Å². The standard InChI is InChI=1S/C14H22N2O2/c1-11(2)18-9-8-16-14(17)10-13(15)12-6-4-3-5-7-12/h3-7,11,13H,8-10,15H2,1-2H3,(H,16,17). The van der Waals surface area contributed by atoms with Crippen molar-refractivity contribution in [3.05, 3.63) is 35.9 Å². The van der Waals surface area contributed by atoms with Crippen LogP contribution >= 0.6 is 0 Å². The molecule has 0 aliphatic heterocycles. The predicted molar refractivity (Wildman–Crippen MR) is 72.1 cm³/mol. The van der Waals surface area contributed by atoms with Crippen molar-refractivity contribution in [2.75, 3.05) is 13.2 Å². The van der Waals surface area contributed by atoms with Crippen molar-refractivity contribution in [1.29, 1.82) is 0 Å². The number of benzene rings is 1. The average molecular weight is 250 g/mol. The Hall–Kier alpha value is -1.39. The van der Waals surface area contributed by atoms with Crippen molar-refractivity contribution in [2.24, 2.45) is 5.73 Å². The van der Waals surface area contributed by atoms with E-state index in [0.29, 0.717) is 19.6 Å². The zero-order valence-corrected chi connectivity index (χ0v) is 11.1. The first-order valence-electron chi connectivity index (χ1n) is 6.28. The number of carbonyl (C=O) groups excluding carboxylic acids is 1. The smallest absolute Gasteiger partial charge is 0.221 e. The van der Waals surface area contributed by atoms with E-state index in [2.05, 4.69) is 5.32 Å². The van der Waals surface area contributed by atoms with Crippen LogP contribution in [0.1, 0.15) is 31.9 Å². The summed E-state index contributed by atoms with van der Waals surface area (Å²) in [4.78, 5) is 11.6. The minimum Gasteiger partial charge on any atom is -0.377 e. The monoisotopic (exact) mass is 250 g/mol. The lowest BCUT2D eigenvalue weighted by Gasteiger charge is -2.12. The highest BCUT2D eigenvalue weighted by atomic mass is 16.5. The van der Waals surface area contributed by atoms with Gasteiger partial charge < -0.3 is 15.8 Å². The summed E-state index contributed by atoms with van der Waals surface area (Å²) < 4.78 is 5.34. The SMILES string of the molecule is CC(C)OCCNC(=O)CC(N)c1ccccc1. The van der Waals surface area contributed by atoms with E-state index >= 15 is 0 Å². The van der Waals surface area contributed by atoms with Gasteiger partial charge in [-0.15, -0.1) is 0 Å². The number of hydrogen-bond acceptors (Lipinski definition) is 3. The van der Waals surface area contributed by atoms with Gasteiger partial charge in [0.15, 0.2) is 0 Å². The molecule has 0 bridgehead atoms. The molecular formula is C14H22N2O2. The van der Waals surface area contributed by atoms with E-state index in [-0.39, 0.29) is 18.1 Å². The van der Waals surface area contributed by atoms with Crippen molar-refractivity contribution in [3.8, 4) is 0 Å². The number of rotatable bonds is 7. The molecule has 1 aromatic rings. The summed E-state index contributed by atoms with van der Waals surface area (Å²) in [6.07, 6.45) is 0.486. The van der Waals surface area contributed by atoms with Crippen LogP contribution in [0.4, 0.5) is 0 Å². The van der Waals surface area contributed by atoms with Gasteiger partial charge in [0.2, 0.25) is 5.91 Å². The maximum absolute atomic E-state index is 11.6. The van der Waals surface area contributed by atoms with Crippen molar-refractivity contribution in [3.63, 3.8) is 0 Å². The molecule has 18 heavy (non-hydrogen) atoms. The molecule has 1 rings (SSSR count). The van der Waals surface area contributed by atoms with Gasteiger partial charge in [-0.05, 0) is 19.4 Å². The fourth-order valence-electron chi connectivity index (χ4n) is 1.58. The Balaban J connectivity index is 2.24. The van der Waals surface area contributed by atoms with Gasteiger partial charge in [0.1, 0.15) is 0 Å². The highest BCUT2D eigenvalue weighted by Gasteiger charge is 2.10. The summed E-state index contributed by atoms with van der Waals surface area (Å²) in [5, 5.41) is 2.79. The molecule has 3 N–H and O–H groups in total. The van der Waals surface area contributed by atoms with Crippen LogP contribution in [-0.2, 0) is 9.53 Å². The van der Waals surface area contributed by atoms with Gasteiger partial charge in [0.05, 0.1) is 12.7 Å². The summed E-state index contributed by atoms with van der Waals surface area (Å²) in [5.74, 6) is -0.0429. The first kappa shape index (κ1) is 14.7. The number of nitrogens with two attached hydrogens (primary N) is 1. The molecule has 0 spiro atoms. The molecule has 100 valence electrons. The molecule has 4 nitrogen and oxygen atoms in total. The first-order chi connectivity index (χ1) is 8.59. The Kier molecular flexibility index (Phi) is 6.39. The minimum absolute atomic E-state index is 0.0429. The van der Waals surface area contributed by atoms with Gasteiger partial charge in [0.25, 0.3) is 0 Å². The number of amides is 1. The molecule has 0 radical (unpaired) electrons. The molecule has 1 aromatic carbocycles.